The summed E-state index contributed by atoms with van der Waals surface area (Å²) < 4.78 is 40.6. The summed E-state index contributed by atoms with van der Waals surface area (Å²) in [5.74, 6) is -2.56. The van der Waals surface area contributed by atoms with Gasteiger partial charge in [-0.15, -0.1) is 16.7 Å². The van der Waals surface area contributed by atoms with Crippen molar-refractivity contribution in [2.24, 2.45) is 0 Å². The molecule has 0 saturated heterocycles. The molecule has 0 fully saturated rings. The molecule has 2 aromatic rings. The number of nitrogens with zero attached hydrogens (tertiary/aromatic N) is 3. The molecule has 0 N–H and O–H groups in total. The van der Waals surface area contributed by atoms with Crippen molar-refractivity contribution < 1.29 is 13.2 Å². The van der Waals surface area contributed by atoms with Crippen LogP contribution in [-0.4, -0.2) is 20.9 Å². The highest BCUT2D eigenvalue weighted by molar-refractivity contribution is 6.17. The van der Waals surface area contributed by atoms with Gasteiger partial charge < -0.3 is 0 Å². The minimum absolute atomic E-state index is 0.443. The van der Waals surface area contributed by atoms with Crippen LogP contribution in [0.2, 0.25) is 0 Å². The zero-order valence-electron chi connectivity index (χ0n) is 9.21. The van der Waals surface area contributed by atoms with Crippen LogP contribution in [0.5, 0.6) is 0 Å². The van der Waals surface area contributed by atoms with E-state index in [-0.39, 0.29) is 0 Å². The molecule has 1 heterocycles. The third-order valence-electron chi connectivity index (χ3n) is 2.32. The predicted molar refractivity (Wildman–Crippen MR) is 60.3 cm³/mol. The molecule has 1 aromatic heterocycles. The van der Waals surface area contributed by atoms with Gasteiger partial charge in [0.1, 0.15) is 11.5 Å². The van der Waals surface area contributed by atoms with Gasteiger partial charge in [0, 0.05) is 18.0 Å². The van der Waals surface area contributed by atoms with Crippen LogP contribution in [0, 0.1) is 17.5 Å². The second-order valence-corrected chi connectivity index (χ2v) is 4.04. The Morgan fingerprint density at radius 2 is 1.83 bits per heavy atom. The van der Waals surface area contributed by atoms with Crippen molar-refractivity contribution in [2.45, 2.75) is 12.8 Å². The van der Waals surface area contributed by atoms with Crippen LogP contribution < -0.4 is 0 Å². The Balaban J connectivity index is 2.34. The molecule has 0 radical (unpaired) electrons. The largest absolute Gasteiger partial charge is 0.214 e. The second-order valence-electron chi connectivity index (χ2n) is 3.67. The maximum atomic E-state index is 13.5. The molecule has 7 heteroatoms. The molecule has 18 heavy (non-hydrogen) atoms. The summed E-state index contributed by atoms with van der Waals surface area (Å²) in [4.78, 5) is 0. The van der Waals surface area contributed by atoms with Crippen molar-refractivity contribution >= 4 is 11.6 Å². The van der Waals surface area contributed by atoms with Crippen molar-refractivity contribution in [3.8, 4) is 5.69 Å². The maximum absolute atomic E-state index is 13.5. The Labute approximate surface area is 106 Å². The lowest BCUT2D eigenvalue weighted by Crippen LogP contribution is -2.03. The molecule has 0 spiro atoms. The van der Waals surface area contributed by atoms with Crippen molar-refractivity contribution in [1.29, 1.82) is 0 Å². The average molecular weight is 276 g/mol. The van der Waals surface area contributed by atoms with Crippen LogP contribution in [0.25, 0.3) is 5.69 Å². The van der Waals surface area contributed by atoms with Gasteiger partial charge in [-0.25, -0.2) is 17.9 Å². The van der Waals surface area contributed by atoms with E-state index in [1.54, 1.807) is 0 Å². The van der Waals surface area contributed by atoms with Gasteiger partial charge in [-0.3, -0.25) is 0 Å². The fourth-order valence-electron chi connectivity index (χ4n) is 1.52. The molecular weight excluding hydrogens is 267 g/mol. The molecular formula is C11H9ClF3N3. The standard InChI is InChI=1S/C11H9ClF3N3/c12-3-1-2-8-6-18(17-16-8)11-9(14)4-7(13)5-10(11)15/h4-6H,1-3H2. The molecule has 0 amide bonds. The first-order valence-corrected chi connectivity index (χ1v) is 5.77. The zero-order chi connectivity index (χ0) is 13.1. The molecule has 0 aliphatic rings. The summed E-state index contributed by atoms with van der Waals surface area (Å²) in [6.45, 7) is 0. The number of aryl methyl sites for hydroxylation is 1. The molecule has 2 rings (SSSR count). The highest BCUT2D eigenvalue weighted by Crippen LogP contribution is 2.18. The molecule has 0 unspecified atom stereocenters. The van der Waals surface area contributed by atoms with E-state index in [2.05, 4.69) is 10.3 Å². The first-order valence-electron chi connectivity index (χ1n) is 5.24. The fourth-order valence-corrected chi connectivity index (χ4v) is 1.66. The van der Waals surface area contributed by atoms with E-state index in [4.69, 9.17) is 11.6 Å². The van der Waals surface area contributed by atoms with E-state index in [0.717, 1.165) is 4.68 Å². The van der Waals surface area contributed by atoms with Gasteiger partial charge in [0.05, 0.1) is 11.9 Å². The minimum atomic E-state index is -1.03. The predicted octanol–water partition coefficient (Wildman–Crippen LogP) is 2.86. The van der Waals surface area contributed by atoms with E-state index < -0.39 is 23.1 Å². The zero-order valence-corrected chi connectivity index (χ0v) is 9.96. The maximum Gasteiger partial charge on any atom is 0.154 e. The molecule has 0 bridgehead atoms. The number of aromatic nitrogens is 3. The van der Waals surface area contributed by atoms with E-state index in [1.165, 1.54) is 6.20 Å². The Hall–Kier alpha value is -1.56. The number of benzene rings is 1. The van der Waals surface area contributed by atoms with Crippen LogP contribution in [0.4, 0.5) is 13.2 Å². The number of hydrogen-bond acceptors (Lipinski definition) is 2. The summed E-state index contributed by atoms with van der Waals surface area (Å²) in [7, 11) is 0. The Morgan fingerprint density at radius 3 is 2.44 bits per heavy atom. The van der Waals surface area contributed by atoms with E-state index >= 15 is 0 Å². The first kappa shape index (κ1) is 12.9. The second kappa shape index (κ2) is 5.39. The van der Waals surface area contributed by atoms with Gasteiger partial charge >= 0.3 is 0 Å². The summed E-state index contributed by atoms with van der Waals surface area (Å²) in [6.07, 6.45) is 2.65. The molecule has 1 aromatic carbocycles. The van der Waals surface area contributed by atoms with E-state index in [9.17, 15) is 13.2 Å². The van der Waals surface area contributed by atoms with Crippen LogP contribution in [0.1, 0.15) is 12.1 Å². The molecule has 0 aliphatic carbocycles. The van der Waals surface area contributed by atoms with Gasteiger partial charge in [0.15, 0.2) is 11.6 Å². The summed E-state index contributed by atoms with van der Waals surface area (Å²) >= 11 is 5.53. The lowest BCUT2D eigenvalue weighted by molar-refractivity contribution is 0.526. The highest BCUT2D eigenvalue weighted by atomic mass is 35.5. The number of halogens is 4. The van der Waals surface area contributed by atoms with E-state index in [0.29, 0.717) is 36.5 Å². The number of alkyl halides is 1. The van der Waals surface area contributed by atoms with Crippen LogP contribution in [0.15, 0.2) is 18.3 Å². The number of rotatable bonds is 4. The Kier molecular flexibility index (Phi) is 3.86. The van der Waals surface area contributed by atoms with Gasteiger partial charge in [-0.1, -0.05) is 5.21 Å². The molecule has 3 nitrogen and oxygen atoms in total. The molecule has 0 saturated carbocycles. The lowest BCUT2D eigenvalue weighted by Gasteiger charge is -2.03. The minimum Gasteiger partial charge on any atom is -0.214 e. The smallest absolute Gasteiger partial charge is 0.154 e. The van der Waals surface area contributed by atoms with Gasteiger partial charge in [-0.2, -0.15) is 0 Å². The van der Waals surface area contributed by atoms with Crippen molar-refractivity contribution in [1.82, 2.24) is 15.0 Å². The topological polar surface area (TPSA) is 30.7 Å². The van der Waals surface area contributed by atoms with Crippen molar-refractivity contribution in [3.05, 3.63) is 41.5 Å². The monoisotopic (exact) mass is 275 g/mol. The number of hydrogen-bond donors (Lipinski definition) is 0. The molecule has 96 valence electrons. The molecule has 0 aliphatic heterocycles. The van der Waals surface area contributed by atoms with Gasteiger partial charge in [0.2, 0.25) is 0 Å². The van der Waals surface area contributed by atoms with Crippen molar-refractivity contribution in [3.63, 3.8) is 0 Å². The molecule has 0 atom stereocenters. The quantitative estimate of drug-likeness (QED) is 0.804. The lowest BCUT2D eigenvalue weighted by atomic mass is 10.2. The average Bonchev–Trinajstić information content (AvgIpc) is 2.73. The fraction of sp³-hybridized carbons (Fsp3) is 0.273. The van der Waals surface area contributed by atoms with Crippen LogP contribution >= 0.6 is 11.6 Å². The summed E-state index contributed by atoms with van der Waals surface area (Å²) in [6, 6.07) is 1.19. The van der Waals surface area contributed by atoms with E-state index in [1.807, 2.05) is 0 Å². The summed E-state index contributed by atoms with van der Waals surface area (Å²) in [5.41, 5.74) is 0.125. The van der Waals surface area contributed by atoms with Gasteiger partial charge in [-0.05, 0) is 12.8 Å². The van der Waals surface area contributed by atoms with Crippen LogP contribution in [0.3, 0.4) is 0 Å². The van der Waals surface area contributed by atoms with Crippen LogP contribution in [-0.2, 0) is 6.42 Å². The summed E-state index contributed by atoms with van der Waals surface area (Å²) in [5, 5.41) is 7.37. The SMILES string of the molecule is Fc1cc(F)c(-n2cc(CCCCl)nn2)c(F)c1. The van der Waals surface area contributed by atoms with Gasteiger partial charge in [0.25, 0.3) is 0 Å². The van der Waals surface area contributed by atoms with Crippen molar-refractivity contribution in [2.75, 3.05) is 5.88 Å². The highest BCUT2D eigenvalue weighted by Gasteiger charge is 2.15. The first-order chi connectivity index (χ1) is 8.61. The Morgan fingerprint density at radius 1 is 1.17 bits per heavy atom. The normalized spacial score (nSPS) is 10.9. The third kappa shape index (κ3) is 2.64. The Bertz CT molecular complexity index is 533. The third-order valence-corrected chi connectivity index (χ3v) is 2.59.